The number of carbonyl (C=O) groups excluding carboxylic acids is 5. The molecule has 3 fully saturated rings. The van der Waals surface area contributed by atoms with Crippen molar-refractivity contribution in [2.45, 2.75) is 192 Å². The Hall–Kier alpha value is -4.05. The normalized spacial score (nSPS) is 33.9. The smallest absolute Gasteiger partial charge is 0.407 e. The number of alkyl carbamates (subject to hydrolysis) is 1. The van der Waals surface area contributed by atoms with Gasteiger partial charge in [0, 0.05) is 70.6 Å². The van der Waals surface area contributed by atoms with E-state index >= 15 is 0 Å². The van der Waals surface area contributed by atoms with Crippen LogP contribution in [0.25, 0.3) is 0 Å². The number of rotatable bonds is 25. The minimum absolute atomic E-state index is 0.00751. The van der Waals surface area contributed by atoms with Crippen molar-refractivity contribution in [3.8, 4) is 0 Å². The average Bonchev–Trinajstić information content (AvgIpc) is 1.08. The molecule has 1 saturated carbocycles. The number of carbonyl (C=O) groups is 5. The fourth-order valence-corrected chi connectivity index (χ4v) is 11.6. The van der Waals surface area contributed by atoms with Crippen LogP contribution in [0.2, 0.25) is 0 Å². The summed E-state index contributed by atoms with van der Waals surface area (Å²) in [4.78, 5) is 72.5. The highest BCUT2D eigenvalue weighted by atomic mass is 16.6. The number of ketones is 2. The van der Waals surface area contributed by atoms with E-state index in [4.69, 9.17) is 57.8 Å². The fourth-order valence-electron chi connectivity index (χ4n) is 11.6. The molecule has 2 bridgehead atoms. The Bertz CT molecular complexity index is 2180. The van der Waals surface area contributed by atoms with Gasteiger partial charge in [0.2, 0.25) is 5.79 Å². The molecular weight excluding hydrogens is 1130 g/mol. The quantitative estimate of drug-likeness (QED) is 0.0308. The first-order valence-corrected chi connectivity index (χ1v) is 31.6. The van der Waals surface area contributed by atoms with Gasteiger partial charge in [-0.25, -0.2) is 9.59 Å². The lowest BCUT2D eigenvalue weighted by molar-refractivity contribution is -0.265. The number of Topliss-reactive ketones (excluding diaryl/α,β-unsaturated/α-hetero) is 2. The van der Waals surface area contributed by atoms with Crippen molar-refractivity contribution in [1.82, 2.24) is 10.2 Å². The molecule has 23 heteroatoms. The molecule has 498 valence electrons. The third-order valence-electron chi connectivity index (χ3n) is 17.0. The van der Waals surface area contributed by atoms with Crippen LogP contribution < -0.4 is 11.1 Å². The largest absolute Gasteiger partial charge is 0.459 e. The summed E-state index contributed by atoms with van der Waals surface area (Å²) in [6.07, 6.45) is 6.18. The van der Waals surface area contributed by atoms with Crippen LogP contribution in [0.4, 0.5) is 4.79 Å². The summed E-state index contributed by atoms with van der Waals surface area (Å²) in [5, 5.41) is 48.4. The standard InChI is InChI=1S/C64H107N3O20/c1-10-79-26-27-81-30-31-83-34-35-84-33-32-82-29-28-80-25-23-66-63(75)86-54-41-55(50(65)38-48-20-22-52(68)56(39-48)78-9)85-62(74)51-18-14-15-24-67(51)61(73)60(72)64(76)47(7)19-21-49(87-64)40-53(77-8)43(3)17-13-11-12-16-42(2)36-45(5)57(69)59(71)58(70)46(6)37-44(54)4/h11-13,16-17,37,42,44-45,47-56,58-59,68,70-71,76H,10,14-15,18-36,38-41,65H2,1-9H3,(H,66,75)/b13-11+,16-12+,43-17+,46-37+/t42-,44-,45-,47-,48+,49+,50-,51+,52-,53+,54-,55+,56-,58-,59+,64-/m1/s1. The molecule has 3 aliphatic heterocycles. The van der Waals surface area contributed by atoms with E-state index < -0.39 is 114 Å². The second kappa shape index (κ2) is 40.6. The lowest BCUT2D eigenvalue weighted by Gasteiger charge is -2.43. The van der Waals surface area contributed by atoms with E-state index in [-0.39, 0.29) is 76.0 Å². The van der Waals surface area contributed by atoms with Gasteiger partial charge in [0.05, 0.1) is 97.1 Å². The van der Waals surface area contributed by atoms with Crippen molar-refractivity contribution in [2.24, 2.45) is 35.3 Å². The van der Waals surface area contributed by atoms with Gasteiger partial charge in [-0.05, 0) is 108 Å². The van der Waals surface area contributed by atoms with Crippen molar-refractivity contribution in [3.05, 3.63) is 47.6 Å². The van der Waals surface area contributed by atoms with E-state index in [2.05, 4.69) is 5.32 Å². The predicted molar refractivity (Wildman–Crippen MR) is 323 cm³/mol. The number of fused-ring (bicyclic) bond motifs is 3. The molecule has 0 aromatic heterocycles. The van der Waals surface area contributed by atoms with E-state index in [1.165, 1.54) is 7.11 Å². The van der Waals surface area contributed by atoms with Gasteiger partial charge in [0.1, 0.15) is 30.5 Å². The molecule has 0 aromatic carbocycles. The summed E-state index contributed by atoms with van der Waals surface area (Å²) in [6, 6.07) is -2.18. The number of esters is 1. The first-order valence-electron chi connectivity index (χ1n) is 31.6. The lowest BCUT2D eigenvalue weighted by atomic mass is 9.80. The molecule has 0 unspecified atom stereocenters. The lowest BCUT2D eigenvalue weighted by Crippen LogP contribution is -2.61. The summed E-state index contributed by atoms with van der Waals surface area (Å²) < 4.78 is 63.2. The number of amides is 2. The SMILES string of the molecule is CCOCCOCCOCCOCCOCCOCCNC(=O)O[C@@H]1C[C@@H]([C@H](N)C[C@@H]2CC[C@@H](O)[C@H](OC)C2)OC(=O)[C@@H]2CCCCN2C(=O)C(=O)[C@]2(O)O[C@@H](CC[C@H]2C)C[C@H](OC)/C(C)=C/C=C/C=C/[C@@H](C)C[C@@H](C)C(=O)[C@H](O)[C@H](O)/C(C)=C/[C@H]1C. The Kier molecular flexibility index (Phi) is 35.2. The minimum Gasteiger partial charge on any atom is -0.459 e. The molecule has 0 radical (unpaired) electrons. The first-order chi connectivity index (χ1) is 41.6. The Balaban J connectivity index is 1.58. The van der Waals surface area contributed by atoms with Crippen LogP contribution in [0.15, 0.2) is 47.6 Å². The third kappa shape index (κ3) is 25.6. The van der Waals surface area contributed by atoms with Crippen LogP contribution in [0.1, 0.15) is 126 Å². The van der Waals surface area contributed by atoms with Gasteiger partial charge in [-0.2, -0.15) is 0 Å². The molecule has 23 nitrogen and oxygen atoms in total. The van der Waals surface area contributed by atoms with Gasteiger partial charge >= 0.3 is 12.1 Å². The number of aliphatic hydroxyl groups is 4. The van der Waals surface area contributed by atoms with Gasteiger partial charge < -0.3 is 88.5 Å². The average molecular weight is 1240 g/mol. The highest BCUT2D eigenvalue weighted by Crippen LogP contribution is 2.37. The Labute approximate surface area is 516 Å². The topological polar surface area (TPSA) is 309 Å². The van der Waals surface area contributed by atoms with E-state index in [1.54, 1.807) is 40.9 Å². The van der Waals surface area contributed by atoms with Crippen LogP contribution in [0, 0.1) is 29.6 Å². The molecule has 7 N–H and O–H groups in total. The summed E-state index contributed by atoms with van der Waals surface area (Å²) in [5.41, 5.74) is 8.14. The maximum atomic E-state index is 14.8. The second-order valence-electron chi connectivity index (χ2n) is 23.8. The highest BCUT2D eigenvalue weighted by molar-refractivity contribution is 6.39. The first kappa shape index (κ1) is 75.4. The number of allylic oxidation sites excluding steroid dienone is 5. The predicted octanol–water partition coefficient (Wildman–Crippen LogP) is 4.86. The molecule has 1 aliphatic carbocycles. The zero-order valence-electron chi connectivity index (χ0n) is 53.4. The van der Waals surface area contributed by atoms with Crippen molar-refractivity contribution in [1.29, 1.82) is 0 Å². The van der Waals surface area contributed by atoms with E-state index in [0.29, 0.717) is 111 Å². The van der Waals surface area contributed by atoms with Gasteiger partial charge in [-0.15, -0.1) is 0 Å². The molecule has 2 saturated heterocycles. The number of cyclic esters (lactones) is 1. The number of nitrogens with zero attached hydrogens (tertiary/aromatic N) is 1. The summed E-state index contributed by atoms with van der Waals surface area (Å²) in [5.74, 6) is -8.57. The maximum absolute atomic E-state index is 14.8. The van der Waals surface area contributed by atoms with Crippen LogP contribution >= 0.6 is 0 Å². The molecule has 2 amide bonds. The van der Waals surface area contributed by atoms with Crippen LogP contribution in [-0.4, -0.2) is 228 Å². The molecule has 0 aromatic rings. The molecule has 0 spiro atoms. The Morgan fingerprint density at radius 2 is 1.37 bits per heavy atom. The minimum atomic E-state index is -2.50. The van der Waals surface area contributed by atoms with Gasteiger partial charge in [-0.1, -0.05) is 64.2 Å². The van der Waals surface area contributed by atoms with Gasteiger partial charge in [0.25, 0.3) is 11.7 Å². The molecular formula is C64H107N3O20. The zero-order valence-corrected chi connectivity index (χ0v) is 53.4. The maximum Gasteiger partial charge on any atom is 0.407 e. The summed E-state index contributed by atoms with van der Waals surface area (Å²) >= 11 is 0. The van der Waals surface area contributed by atoms with Gasteiger partial charge in [-0.3, -0.25) is 14.4 Å². The number of hydrogen-bond acceptors (Lipinski definition) is 21. The molecule has 16 atom stereocenters. The van der Waals surface area contributed by atoms with Crippen LogP contribution in [0.3, 0.4) is 0 Å². The number of methoxy groups -OCH3 is 2. The van der Waals surface area contributed by atoms with E-state index in [1.807, 2.05) is 51.2 Å². The Morgan fingerprint density at radius 3 is 1.99 bits per heavy atom. The number of nitrogens with two attached hydrogens (primary N) is 1. The van der Waals surface area contributed by atoms with E-state index in [9.17, 15) is 44.4 Å². The number of piperidine rings is 1. The monoisotopic (exact) mass is 1240 g/mol. The number of nitrogens with one attached hydrogen (secondary N) is 1. The van der Waals surface area contributed by atoms with Crippen molar-refractivity contribution in [2.75, 3.05) is 107 Å². The molecule has 4 aliphatic rings. The molecule has 4 rings (SSSR count). The third-order valence-corrected chi connectivity index (χ3v) is 17.0. The number of ether oxygens (including phenoxy) is 11. The van der Waals surface area contributed by atoms with Crippen molar-refractivity contribution < 1.29 is 96.5 Å². The van der Waals surface area contributed by atoms with Crippen LogP contribution in [0.5, 0.6) is 0 Å². The molecule has 87 heavy (non-hydrogen) atoms. The molecule has 3 heterocycles. The van der Waals surface area contributed by atoms with Crippen molar-refractivity contribution >= 4 is 29.5 Å². The number of hydrogen-bond donors (Lipinski definition) is 6. The van der Waals surface area contributed by atoms with Crippen LogP contribution in [-0.2, 0) is 71.3 Å². The zero-order chi connectivity index (χ0) is 63.9. The Morgan fingerprint density at radius 1 is 0.736 bits per heavy atom. The number of aliphatic hydroxyl groups excluding tert-OH is 3. The summed E-state index contributed by atoms with van der Waals surface area (Å²) in [6.45, 7) is 17.2. The fraction of sp³-hybridized carbons (Fsp3) is 0.797. The second-order valence-corrected chi connectivity index (χ2v) is 23.8. The van der Waals surface area contributed by atoms with Crippen molar-refractivity contribution in [3.63, 3.8) is 0 Å². The summed E-state index contributed by atoms with van der Waals surface area (Å²) in [7, 11) is 3.08. The highest BCUT2D eigenvalue weighted by Gasteiger charge is 2.53. The van der Waals surface area contributed by atoms with E-state index in [0.717, 1.165) is 10.5 Å². The van der Waals surface area contributed by atoms with Gasteiger partial charge in [0.15, 0.2) is 5.78 Å².